The summed E-state index contributed by atoms with van der Waals surface area (Å²) in [6, 6.07) is 16.4. The third-order valence-corrected chi connectivity index (χ3v) is 5.07. The zero-order valence-corrected chi connectivity index (χ0v) is 15.1. The van der Waals surface area contributed by atoms with Gasteiger partial charge >= 0.3 is 0 Å². The van der Waals surface area contributed by atoms with Crippen LogP contribution >= 0.6 is 0 Å². The minimum atomic E-state index is -0.854. The molecule has 1 aliphatic carbocycles. The monoisotopic (exact) mass is 380 g/mol. The van der Waals surface area contributed by atoms with Crippen molar-refractivity contribution < 1.29 is 13.6 Å². The first-order valence-corrected chi connectivity index (χ1v) is 8.88. The number of hydrogen-bond acceptors (Lipinski definition) is 4. The number of benzene rings is 2. The molecule has 1 amide bonds. The minimum absolute atomic E-state index is 0.0238. The van der Waals surface area contributed by atoms with Crippen LogP contribution in [0.4, 0.5) is 20.3 Å². The van der Waals surface area contributed by atoms with Crippen LogP contribution in [0.15, 0.2) is 60.7 Å². The lowest BCUT2D eigenvalue weighted by Gasteiger charge is -2.13. The van der Waals surface area contributed by atoms with Gasteiger partial charge in [-0.05, 0) is 48.4 Å². The SMILES string of the molecule is CC1(c2ccc(F)c(F)c2)CC1Nc1ccc(C(=O)Nc2ccccc2)nn1. The second kappa shape index (κ2) is 6.99. The lowest BCUT2D eigenvalue weighted by atomic mass is 9.97. The van der Waals surface area contributed by atoms with Gasteiger partial charge in [0.15, 0.2) is 17.3 Å². The van der Waals surface area contributed by atoms with Crippen LogP contribution < -0.4 is 10.6 Å². The van der Waals surface area contributed by atoms with Crippen molar-refractivity contribution in [3.8, 4) is 0 Å². The molecule has 142 valence electrons. The Bertz CT molecular complexity index is 1010. The first-order chi connectivity index (χ1) is 13.5. The van der Waals surface area contributed by atoms with Gasteiger partial charge in [0.1, 0.15) is 5.82 Å². The van der Waals surface area contributed by atoms with Gasteiger partial charge in [-0.25, -0.2) is 8.78 Å². The Balaban J connectivity index is 1.40. The fourth-order valence-electron chi connectivity index (χ4n) is 3.17. The van der Waals surface area contributed by atoms with Crippen molar-refractivity contribution in [2.75, 3.05) is 10.6 Å². The molecule has 1 saturated carbocycles. The van der Waals surface area contributed by atoms with E-state index in [2.05, 4.69) is 20.8 Å². The van der Waals surface area contributed by atoms with E-state index in [9.17, 15) is 13.6 Å². The van der Waals surface area contributed by atoms with Crippen molar-refractivity contribution in [3.63, 3.8) is 0 Å². The van der Waals surface area contributed by atoms with Gasteiger partial charge in [0, 0.05) is 17.1 Å². The normalized spacial score (nSPS) is 20.5. The van der Waals surface area contributed by atoms with Crippen LogP contribution in [0, 0.1) is 11.6 Å². The Morgan fingerprint density at radius 1 is 1.04 bits per heavy atom. The van der Waals surface area contributed by atoms with Gasteiger partial charge < -0.3 is 10.6 Å². The second-order valence-electron chi connectivity index (χ2n) is 7.07. The van der Waals surface area contributed by atoms with E-state index >= 15 is 0 Å². The first-order valence-electron chi connectivity index (χ1n) is 8.88. The molecule has 2 aromatic carbocycles. The average Bonchev–Trinajstić information content (AvgIpc) is 3.36. The van der Waals surface area contributed by atoms with Crippen LogP contribution in [0.1, 0.15) is 29.4 Å². The lowest BCUT2D eigenvalue weighted by Crippen LogP contribution is -2.18. The van der Waals surface area contributed by atoms with Crippen LogP contribution in [0.3, 0.4) is 0 Å². The van der Waals surface area contributed by atoms with Gasteiger partial charge in [0.25, 0.3) is 5.91 Å². The molecule has 4 rings (SSSR count). The molecule has 7 heteroatoms. The van der Waals surface area contributed by atoms with Crippen molar-refractivity contribution in [2.24, 2.45) is 0 Å². The Morgan fingerprint density at radius 2 is 1.82 bits per heavy atom. The number of hydrogen-bond donors (Lipinski definition) is 2. The molecule has 2 N–H and O–H groups in total. The van der Waals surface area contributed by atoms with E-state index in [1.54, 1.807) is 30.3 Å². The van der Waals surface area contributed by atoms with E-state index in [4.69, 9.17) is 0 Å². The first kappa shape index (κ1) is 18.0. The van der Waals surface area contributed by atoms with Crippen molar-refractivity contribution in [3.05, 3.63) is 83.6 Å². The molecule has 1 aliphatic rings. The number of nitrogens with zero attached hydrogens (tertiary/aromatic N) is 2. The summed E-state index contributed by atoms with van der Waals surface area (Å²) in [4.78, 5) is 12.2. The van der Waals surface area contributed by atoms with Crippen LogP contribution in [0.2, 0.25) is 0 Å². The number of aromatic nitrogens is 2. The average molecular weight is 380 g/mol. The van der Waals surface area contributed by atoms with Crippen LogP contribution in [-0.4, -0.2) is 22.1 Å². The summed E-state index contributed by atoms with van der Waals surface area (Å²) in [5.74, 6) is -1.53. The fourth-order valence-corrected chi connectivity index (χ4v) is 3.17. The summed E-state index contributed by atoms with van der Waals surface area (Å²) in [6.07, 6.45) is 0.760. The Morgan fingerprint density at radius 3 is 2.50 bits per heavy atom. The maximum absolute atomic E-state index is 13.5. The van der Waals surface area contributed by atoms with Crippen LogP contribution in [0.25, 0.3) is 0 Å². The molecule has 0 spiro atoms. The lowest BCUT2D eigenvalue weighted by molar-refractivity contribution is 0.102. The standard InChI is InChI=1S/C21H18F2N4O/c1-21(13-7-8-15(22)16(23)11-13)12-18(21)25-19-10-9-17(26-27-19)20(28)24-14-5-3-2-4-6-14/h2-11,18H,12H2,1H3,(H,24,28)(H,25,27). The molecule has 1 aromatic heterocycles. The quantitative estimate of drug-likeness (QED) is 0.698. The van der Waals surface area contributed by atoms with Crippen molar-refractivity contribution in [1.29, 1.82) is 0 Å². The summed E-state index contributed by atoms with van der Waals surface area (Å²) in [6.45, 7) is 1.98. The van der Waals surface area contributed by atoms with Crippen molar-refractivity contribution in [2.45, 2.75) is 24.8 Å². The number of amides is 1. The van der Waals surface area contributed by atoms with Crippen molar-refractivity contribution >= 4 is 17.4 Å². The highest BCUT2D eigenvalue weighted by Crippen LogP contribution is 2.49. The van der Waals surface area contributed by atoms with E-state index in [1.807, 2.05) is 25.1 Å². The molecular weight excluding hydrogens is 362 g/mol. The molecule has 0 saturated heterocycles. The predicted octanol–water partition coefficient (Wildman–Crippen LogP) is 4.15. The topological polar surface area (TPSA) is 66.9 Å². The maximum atomic E-state index is 13.5. The van der Waals surface area contributed by atoms with Gasteiger partial charge in [0.2, 0.25) is 0 Å². The minimum Gasteiger partial charge on any atom is -0.365 e. The predicted molar refractivity (Wildman–Crippen MR) is 102 cm³/mol. The zero-order chi connectivity index (χ0) is 19.7. The Hall–Kier alpha value is -3.35. The number of halogens is 2. The number of nitrogens with one attached hydrogen (secondary N) is 2. The fraction of sp³-hybridized carbons (Fsp3) is 0.190. The van der Waals surface area contributed by atoms with Gasteiger partial charge in [-0.3, -0.25) is 4.79 Å². The third kappa shape index (κ3) is 3.55. The number of carbonyl (C=O) groups excluding carboxylic acids is 1. The molecule has 1 fully saturated rings. The van der Waals surface area contributed by atoms with E-state index in [0.717, 1.165) is 18.1 Å². The number of rotatable bonds is 5. The molecule has 0 radical (unpaired) electrons. The maximum Gasteiger partial charge on any atom is 0.276 e. The highest BCUT2D eigenvalue weighted by molar-refractivity contribution is 6.02. The summed E-state index contributed by atoms with van der Waals surface area (Å²) in [7, 11) is 0. The molecule has 28 heavy (non-hydrogen) atoms. The highest BCUT2D eigenvalue weighted by Gasteiger charge is 2.51. The van der Waals surface area contributed by atoms with Gasteiger partial charge in [0.05, 0.1) is 0 Å². The summed E-state index contributed by atoms with van der Waals surface area (Å²) in [5, 5.41) is 14.0. The molecule has 2 atom stereocenters. The van der Waals surface area contributed by atoms with E-state index in [-0.39, 0.29) is 23.1 Å². The number of anilines is 2. The van der Waals surface area contributed by atoms with E-state index < -0.39 is 11.6 Å². The molecule has 5 nitrogen and oxygen atoms in total. The van der Waals surface area contributed by atoms with Gasteiger partial charge in [-0.15, -0.1) is 10.2 Å². The van der Waals surface area contributed by atoms with E-state index in [1.165, 1.54) is 6.07 Å². The van der Waals surface area contributed by atoms with Gasteiger partial charge in [-0.1, -0.05) is 31.2 Å². The summed E-state index contributed by atoms with van der Waals surface area (Å²) in [5.41, 5.74) is 1.31. The van der Waals surface area contributed by atoms with Crippen molar-refractivity contribution in [1.82, 2.24) is 10.2 Å². The molecule has 3 aromatic rings. The van der Waals surface area contributed by atoms with E-state index in [0.29, 0.717) is 11.5 Å². The largest absolute Gasteiger partial charge is 0.365 e. The molecule has 1 heterocycles. The Kier molecular flexibility index (Phi) is 4.50. The molecular formula is C21H18F2N4O. The second-order valence-corrected chi connectivity index (χ2v) is 7.07. The highest BCUT2D eigenvalue weighted by atomic mass is 19.2. The summed E-state index contributed by atoms with van der Waals surface area (Å²) >= 11 is 0. The van der Waals surface area contributed by atoms with Crippen LogP contribution in [-0.2, 0) is 5.41 Å². The third-order valence-electron chi connectivity index (χ3n) is 5.07. The number of carbonyl (C=O) groups is 1. The Labute approximate surface area is 160 Å². The zero-order valence-electron chi connectivity index (χ0n) is 15.1. The number of para-hydroxylation sites is 1. The molecule has 0 bridgehead atoms. The van der Waals surface area contributed by atoms with Crippen LogP contribution in [0.5, 0.6) is 0 Å². The van der Waals surface area contributed by atoms with Gasteiger partial charge in [-0.2, -0.15) is 0 Å². The smallest absolute Gasteiger partial charge is 0.276 e. The summed E-state index contributed by atoms with van der Waals surface area (Å²) < 4.78 is 26.7. The molecule has 0 aliphatic heterocycles. The molecule has 2 unspecified atom stereocenters.